The van der Waals surface area contributed by atoms with Crippen molar-refractivity contribution < 1.29 is 83.0 Å². The van der Waals surface area contributed by atoms with Crippen LogP contribution < -0.4 is 40.6 Å². The number of rotatable bonds is 10. The van der Waals surface area contributed by atoms with Gasteiger partial charge in [-0.25, -0.2) is 9.59 Å². The third-order valence-corrected chi connectivity index (χ3v) is 7.90. The van der Waals surface area contributed by atoms with Crippen molar-refractivity contribution in [2.24, 2.45) is 14.1 Å². The van der Waals surface area contributed by atoms with Gasteiger partial charge in [-0.05, 0) is 42.0 Å². The van der Waals surface area contributed by atoms with Gasteiger partial charge < -0.3 is 55.1 Å². The number of esters is 2. The Kier molecular flexibility index (Phi) is 15.7. The number of aryl methyl sites for hydroxylation is 2. The van der Waals surface area contributed by atoms with Crippen molar-refractivity contribution in [2.45, 2.75) is 6.61 Å². The van der Waals surface area contributed by atoms with Crippen molar-refractivity contribution in [3.8, 4) is 11.5 Å². The number of carbonyl (C=O) groups is 6. The molecule has 288 valence electrons. The Bertz CT molecular complexity index is 2460. The van der Waals surface area contributed by atoms with E-state index in [1.54, 1.807) is 24.3 Å². The molecule has 19 nitrogen and oxygen atoms in total. The Morgan fingerprint density at radius 2 is 1.16 bits per heavy atom. The van der Waals surface area contributed by atoms with Gasteiger partial charge in [-0.3, -0.25) is 28.8 Å². The number of hydrogen-bond donors (Lipinski definition) is 6. The fourth-order valence-corrected chi connectivity index (χ4v) is 5.11. The molecule has 5 aromatic rings. The summed E-state index contributed by atoms with van der Waals surface area (Å²) in [5, 5.41) is 42.7. The summed E-state index contributed by atoms with van der Waals surface area (Å²) in [6, 6.07) is 16.9. The van der Waals surface area contributed by atoms with Crippen molar-refractivity contribution in [1.29, 1.82) is 0 Å². The topological polar surface area (TPSA) is 300 Å². The molecule has 56 heavy (non-hydrogen) atoms. The number of hydrogen-bond acceptors (Lipinski definition) is 13. The zero-order valence-corrected chi connectivity index (χ0v) is 30.2. The number of amides is 2. The first kappa shape index (κ1) is 45.2. The van der Waals surface area contributed by atoms with Crippen LogP contribution in [0.5, 0.6) is 11.5 Å². The number of nitrogens with one attached hydrogen (secondary N) is 2. The van der Waals surface area contributed by atoms with Gasteiger partial charge in [0.25, 0.3) is 22.9 Å². The standard InChI is InChI=1S/C22H20N2O7.C14H12N2O7.Li.H2O/c1-24-16-10-14(22(29)30-2)8-9-15(16)19(26)18(21(24)28)20(27)23-11-17(25)31-12-13-6-4-3-5-7-13;1-16-8-4-6(14(22)23)2-3-7(8)11(19)10(13(16)21)12(20)15-5-9(17)18;;/h3-10,26H,11-12H2,1-2H3,(H,23,27);2-4,19H,5H2,1H3,(H,15,20)(H,17,18)(H,22,23);;1H2/q;;+1;/p-1. The Labute approximate surface area is 327 Å². The maximum atomic E-state index is 12.7. The molecule has 0 unspecified atom stereocenters. The number of ether oxygens (including phenoxy) is 2. The number of carbonyl (C=O) groups excluding carboxylic acids is 4. The number of carboxylic acids is 2. The average molecular weight is 769 g/mol. The molecule has 3 aromatic carbocycles. The molecule has 0 fully saturated rings. The van der Waals surface area contributed by atoms with E-state index in [2.05, 4.69) is 10.1 Å². The fraction of sp³-hybridized carbons (Fsp3) is 0.167. The van der Waals surface area contributed by atoms with Crippen molar-refractivity contribution >= 4 is 57.5 Å². The summed E-state index contributed by atoms with van der Waals surface area (Å²) in [5.74, 6) is -6.96. The summed E-state index contributed by atoms with van der Waals surface area (Å²) in [7, 11) is 3.93. The Balaban J connectivity index is 0.000000389. The fourth-order valence-electron chi connectivity index (χ4n) is 5.11. The molecule has 2 aromatic heterocycles. The second-order valence-electron chi connectivity index (χ2n) is 11.3. The van der Waals surface area contributed by atoms with Gasteiger partial charge in [0.2, 0.25) is 0 Å². The molecule has 0 aliphatic carbocycles. The molecule has 0 aliphatic rings. The van der Waals surface area contributed by atoms with Gasteiger partial charge in [-0.15, -0.1) is 0 Å². The zero-order chi connectivity index (χ0) is 39.9. The van der Waals surface area contributed by atoms with Crippen LogP contribution >= 0.6 is 0 Å². The first-order chi connectivity index (χ1) is 25.6. The van der Waals surface area contributed by atoms with E-state index >= 15 is 0 Å². The Morgan fingerprint density at radius 1 is 0.696 bits per heavy atom. The van der Waals surface area contributed by atoms with Crippen LogP contribution in [0, 0.1) is 0 Å². The van der Waals surface area contributed by atoms with E-state index in [-0.39, 0.29) is 63.9 Å². The van der Waals surface area contributed by atoms with Crippen molar-refractivity contribution in [2.75, 3.05) is 20.2 Å². The first-order valence-corrected chi connectivity index (χ1v) is 15.6. The van der Waals surface area contributed by atoms with Gasteiger partial charge in [0.05, 0.1) is 29.3 Å². The summed E-state index contributed by atoms with van der Waals surface area (Å²) in [6.07, 6.45) is 0. The minimum Gasteiger partial charge on any atom is -0.870 e. The van der Waals surface area contributed by atoms with Crippen molar-refractivity contribution in [1.82, 2.24) is 19.8 Å². The van der Waals surface area contributed by atoms with Gasteiger partial charge in [0, 0.05) is 24.9 Å². The van der Waals surface area contributed by atoms with E-state index in [1.165, 1.54) is 57.6 Å². The summed E-state index contributed by atoms with van der Waals surface area (Å²) in [4.78, 5) is 94.4. The number of methoxy groups -OCH3 is 1. The van der Waals surface area contributed by atoms with E-state index in [0.29, 0.717) is 0 Å². The van der Waals surface area contributed by atoms with E-state index < -0.39 is 82.5 Å². The molecule has 0 radical (unpaired) electrons. The van der Waals surface area contributed by atoms with Crippen LogP contribution in [0.1, 0.15) is 47.0 Å². The number of aliphatic carboxylic acids is 1. The minimum absolute atomic E-state index is 0. The average Bonchev–Trinajstić information content (AvgIpc) is 3.16. The van der Waals surface area contributed by atoms with Crippen LogP contribution in [-0.2, 0) is 39.8 Å². The van der Waals surface area contributed by atoms with E-state index in [1.807, 2.05) is 11.4 Å². The minimum atomic E-state index is -1.30. The zero-order valence-electron chi connectivity index (χ0n) is 30.2. The summed E-state index contributed by atoms with van der Waals surface area (Å²) in [6.45, 7) is -1.15. The van der Waals surface area contributed by atoms with Crippen molar-refractivity contribution in [3.05, 3.63) is 115 Å². The van der Waals surface area contributed by atoms with Crippen LogP contribution in [-0.4, -0.2) is 90.9 Å². The number of fused-ring (bicyclic) bond motifs is 2. The number of pyridine rings is 2. The molecule has 7 N–H and O–H groups in total. The van der Waals surface area contributed by atoms with E-state index in [4.69, 9.17) is 14.9 Å². The maximum absolute atomic E-state index is 12.7. The van der Waals surface area contributed by atoms with Crippen LogP contribution in [0.25, 0.3) is 21.8 Å². The quantitative estimate of drug-likeness (QED) is 0.0667. The number of nitrogens with zero attached hydrogens (tertiary/aromatic N) is 2. The van der Waals surface area contributed by atoms with Crippen LogP contribution in [0.4, 0.5) is 0 Å². The monoisotopic (exact) mass is 768 g/mol. The molecule has 0 bridgehead atoms. The molecule has 5 rings (SSSR count). The molecule has 0 saturated heterocycles. The molecule has 0 saturated carbocycles. The summed E-state index contributed by atoms with van der Waals surface area (Å²) < 4.78 is 11.9. The Morgan fingerprint density at radius 3 is 1.62 bits per heavy atom. The number of aromatic carboxylic acids is 1. The second-order valence-corrected chi connectivity index (χ2v) is 11.3. The number of aromatic nitrogens is 2. The SMILES string of the molecule is COC(=O)c1ccc2c(O)c(C(=O)NCC(=O)OCc3ccccc3)c(=O)n(C)c2c1.Cn1c(=O)c(C(=O)NCC(=O)O)c(O)c2ccc(C(=O)O)cc21.[Li+].[OH-]. The van der Waals surface area contributed by atoms with E-state index in [0.717, 1.165) is 14.7 Å². The number of aromatic hydroxyl groups is 2. The maximum Gasteiger partial charge on any atom is 1.00 e. The smallest absolute Gasteiger partial charge is 0.870 e. The molecule has 2 heterocycles. The van der Waals surface area contributed by atoms with Crippen LogP contribution in [0.15, 0.2) is 76.3 Å². The second kappa shape index (κ2) is 19.4. The van der Waals surface area contributed by atoms with Gasteiger partial charge in [0.15, 0.2) is 0 Å². The van der Waals surface area contributed by atoms with Crippen LogP contribution in [0.3, 0.4) is 0 Å². The Hall–Kier alpha value is -6.94. The van der Waals surface area contributed by atoms with Gasteiger partial charge in [-0.2, -0.15) is 0 Å². The molecule has 0 spiro atoms. The van der Waals surface area contributed by atoms with Gasteiger partial charge in [0.1, 0.15) is 42.3 Å². The van der Waals surface area contributed by atoms with Crippen LogP contribution in [0.2, 0.25) is 0 Å². The van der Waals surface area contributed by atoms with Gasteiger partial charge in [-0.1, -0.05) is 30.3 Å². The molecule has 2 amide bonds. The third-order valence-electron chi connectivity index (χ3n) is 7.90. The molecule has 0 aliphatic heterocycles. The summed E-state index contributed by atoms with van der Waals surface area (Å²) in [5.41, 5.74) is -1.54. The van der Waals surface area contributed by atoms with Crippen molar-refractivity contribution in [3.63, 3.8) is 0 Å². The molecule has 20 heteroatoms. The first-order valence-electron chi connectivity index (χ1n) is 15.6. The van der Waals surface area contributed by atoms with E-state index in [9.17, 15) is 48.6 Å². The molecular weight excluding hydrogens is 735 g/mol. The van der Waals surface area contributed by atoms with Gasteiger partial charge >= 0.3 is 42.7 Å². The normalized spacial score (nSPS) is 10.1. The summed E-state index contributed by atoms with van der Waals surface area (Å²) >= 11 is 0. The third kappa shape index (κ3) is 9.97. The number of carboxylic acid groups (broad SMARTS) is 2. The predicted octanol–water partition coefficient (Wildman–Crippen LogP) is -1.91. The molecular formula is C36H33LiN4O15. The largest absolute Gasteiger partial charge is 1.00 e. The predicted molar refractivity (Wildman–Crippen MR) is 190 cm³/mol. The number of benzene rings is 3. The molecule has 0 atom stereocenters.